The highest BCUT2D eigenvalue weighted by Crippen LogP contribution is 2.12. The van der Waals surface area contributed by atoms with Gasteiger partial charge in [0, 0.05) is 12.8 Å². The molecular formula is C22H29NO2. The molecule has 0 aliphatic carbocycles. The van der Waals surface area contributed by atoms with Gasteiger partial charge in [0.05, 0.1) is 6.04 Å². The summed E-state index contributed by atoms with van der Waals surface area (Å²) in [6, 6.07) is 10.1. The number of carbonyl (C=O) groups is 1. The first-order valence-electron chi connectivity index (χ1n) is 9.15. The Bertz CT molecular complexity index is 602. The summed E-state index contributed by atoms with van der Waals surface area (Å²) in [5.74, 6) is 10.9. The first kappa shape index (κ1) is 20.8. The van der Waals surface area contributed by atoms with Crippen LogP contribution < -0.4 is 5.32 Å². The lowest BCUT2D eigenvalue weighted by Gasteiger charge is -2.14. The Hall–Kier alpha value is -2.23. The van der Waals surface area contributed by atoms with Crippen LogP contribution in [0.15, 0.2) is 30.3 Å². The number of nitrogens with one attached hydrogen (secondary N) is 1. The number of aliphatic hydroxyl groups excluding tert-OH is 1. The maximum Gasteiger partial charge on any atom is 0.220 e. The highest BCUT2D eigenvalue weighted by atomic mass is 16.2. The van der Waals surface area contributed by atoms with Crippen molar-refractivity contribution in [3.8, 4) is 23.7 Å². The lowest BCUT2D eigenvalue weighted by molar-refractivity contribution is -0.121. The van der Waals surface area contributed by atoms with Gasteiger partial charge in [-0.2, -0.15) is 0 Å². The highest BCUT2D eigenvalue weighted by Gasteiger charge is 2.08. The molecule has 0 fully saturated rings. The zero-order valence-electron chi connectivity index (χ0n) is 15.2. The Kier molecular flexibility index (Phi) is 11.8. The van der Waals surface area contributed by atoms with Crippen molar-refractivity contribution in [1.29, 1.82) is 0 Å². The molecule has 2 N–H and O–H groups in total. The molecular weight excluding hydrogens is 310 g/mol. The van der Waals surface area contributed by atoms with Crippen LogP contribution in [0.4, 0.5) is 0 Å². The maximum absolute atomic E-state index is 12.0. The van der Waals surface area contributed by atoms with Crippen molar-refractivity contribution < 1.29 is 9.90 Å². The number of rotatable bonds is 10. The second kappa shape index (κ2) is 14.1. The van der Waals surface area contributed by atoms with Gasteiger partial charge in [-0.05, 0) is 37.2 Å². The topological polar surface area (TPSA) is 49.3 Å². The van der Waals surface area contributed by atoms with E-state index in [2.05, 4.69) is 29.0 Å². The van der Waals surface area contributed by atoms with E-state index in [4.69, 9.17) is 5.11 Å². The van der Waals surface area contributed by atoms with E-state index >= 15 is 0 Å². The lowest BCUT2D eigenvalue weighted by Crippen LogP contribution is -2.26. The molecule has 1 aromatic carbocycles. The molecule has 3 nitrogen and oxygen atoms in total. The van der Waals surface area contributed by atoms with Crippen LogP contribution in [0, 0.1) is 23.7 Å². The van der Waals surface area contributed by atoms with Crippen LogP contribution in [0.25, 0.3) is 0 Å². The molecule has 0 aliphatic rings. The van der Waals surface area contributed by atoms with E-state index in [0.717, 1.165) is 31.2 Å². The Morgan fingerprint density at radius 2 is 1.64 bits per heavy atom. The van der Waals surface area contributed by atoms with Crippen molar-refractivity contribution in [3.05, 3.63) is 35.9 Å². The van der Waals surface area contributed by atoms with Gasteiger partial charge >= 0.3 is 0 Å². The number of carbonyl (C=O) groups excluding carboxylic acids is 1. The minimum Gasteiger partial charge on any atom is -0.384 e. The molecule has 134 valence electrons. The first-order valence-corrected chi connectivity index (χ1v) is 9.15. The lowest BCUT2D eigenvalue weighted by atomic mass is 10.1. The van der Waals surface area contributed by atoms with E-state index in [1.165, 1.54) is 19.3 Å². The Balaban J connectivity index is 1.98. The summed E-state index contributed by atoms with van der Waals surface area (Å²) in [5.41, 5.74) is 1.14. The smallest absolute Gasteiger partial charge is 0.220 e. The molecule has 1 aromatic rings. The molecule has 0 aliphatic heterocycles. The molecule has 0 saturated carbocycles. The van der Waals surface area contributed by atoms with Crippen molar-refractivity contribution in [3.63, 3.8) is 0 Å². The second-order valence-corrected chi connectivity index (χ2v) is 6.08. The van der Waals surface area contributed by atoms with Crippen LogP contribution >= 0.6 is 0 Å². The van der Waals surface area contributed by atoms with Crippen molar-refractivity contribution in [2.45, 2.75) is 64.3 Å². The molecule has 1 amide bonds. The van der Waals surface area contributed by atoms with Gasteiger partial charge in [0.15, 0.2) is 0 Å². The van der Waals surface area contributed by atoms with Gasteiger partial charge < -0.3 is 10.4 Å². The molecule has 0 heterocycles. The average molecular weight is 339 g/mol. The van der Waals surface area contributed by atoms with E-state index < -0.39 is 0 Å². The third-order valence-corrected chi connectivity index (χ3v) is 3.95. The van der Waals surface area contributed by atoms with Crippen LogP contribution in [0.1, 0.15) is 69.9 Å². The Morgan fingerprint density at radius 3 is 2.36 bits per heavy atom. The average Bonchev–Trinajstić information content (AvgIpc) is 2.63. The molecule has 0 radical (unpaired) electrons. The van der Waals surface area contributed by atoms with Gasteiger partial charge in [0.2, 0.25) is 5.91 Å². The molecule has 0 bridgehead atoms. The van der Waals surface area contributed by atoms with Gasteiger partial charge in [-0.1, -0.05) is 67.9 Å². The predicted molar refractivity (Wildman–Crippen MR) is 103 cm³/mol. The second-order valence-electron chi connectivity index (χ2n) is 6.08. The minimum atomic E-state index is -0.127. The maximum atomic E-state index is 12.0. The first-order chi connectivity index (χ1) is 12.2. The Labute approximate surface area is 152 Å². The molecule has 3 heteroatoms. The van der Waals surface area contributed by atoms with E-state index in [1.54, 1.807) is 0 Å². The van der Waals surface area contributed by atoms with Crippen LogP contribution in [0.2, 0.25) is 0 Å². The highest BCUT2D eigenvalue weighted by molar-refractivity contribution is 5.76. The van der Waals surface area contributed by atoms with Crippen LogP contribution in [-0.2, 0) is 4.79 Å². The summed E-state index contributed by atoms with van der Waals surface area (Å²) in [5, 5.41) is 11.5. The standard InChI is InChI=1S/C22H29NO2/c1-20(21-16-12-11-13-17-21)23-22(25)18-14-9-7-5-3-2-4-6-8-10-15-19-24/h11-13,16-17,20,24H,2-5,7,9,14,18-19H2,1H3,(H,23,25). The number of benzene rings is 1. The summed E-state index contributed by atoms with van der Waals surface area (Å²) in [4.78, 5) is 12.0. The quantitative estimate of drug-likeness (QED) is 0.500. The number of unbranched alkanes of at least 4 members (excludes halogenated alkanes) is 6. The van der Waals surface area contributed by atoms with Crippen molar-refractivity contribution in [2.75, 3.05) is 6.61 Å². The zero-order valence-corrected chi connectivity index (χ0v) is 15.2. The van der Waals surface area contributed by atoms with E-state index in [0.29, 0.717) is 6.42 Å². The number of aliphatic hydroxyl groups is 1. The fourth-order valence-electron chi connectivity index (χ4n) is 2.54. The largest absolute Gasteiger partial charge is 0.384 e. The molecule has 0 aromatic heterocycles. The fourth-order valence-corrected chi connectivity index (χ4v) is 2.54. The van der Waals surface area contributed by atoms with E-state index in [1.807, 2.05) is 37.3 Å². The Morgan fingerprint density at radius 1 is 1.00 bits per heavy atom. The van der Waals surface area contributed by atoms with Gasteiger partial charge in [-0.15, -0.1) is 0 Å². The number of hydrogen-bond acceptors (Lipinski definition) is 2. The fraction of sp³-hybridized carbons (Fsp3) is 0.500. The van der Waals surface area contributed by atoms with E-state index in [-0.39, 0.29) is 18.6 Å². The zero-order chi connectivity index (χ0) is 18.2. The van der Waals surface area contributed by atoms with E-state index in [9.17, 15) is 4.79 Å². The summed E-state index contributed by atoms with van der Waals surface area (Å²) in [7, 11) is 0. The third-order valence-electron chi connectivity index (χ3n) is 3.95. The molecule has 1 rings (SSSR count). The normalized spacial score (nSPS) is 10.8. The monoisotopic (exact) mass is 339 g/mol. The third kappa shape index (κ3) is 11.0. The summed E-state index contributed by atoms with van der Waals surface area (Å²) >= 11 is 0. The number of hydrogen-bond donors (Lipinski definition) is 2. The van der Waals surface area contributed by atoms with Gasteiger partial charge in [-0.25, -0.2) is 0 Å². The number of amides is 1. The van der Waals surface area contributed by atoms with Crippen LogP contribution in [0.3, 0.4) is 0 Å². The molecule has 1 unspecified atom stereocenters. The minimum absolute atomic E-state index is 0.0666. The molecule has 25 heavy (non-hydrogen) atoms. The predicted octanol–water partition coefficient (Wildman–Crippen LogP) is 3.98. The summed E-state index contributed by atoms with van der Waals surface area (Å²) < 4.78 is 0. The molecule has 0 saturated heterocycles. The van der Waals surface area contributed by atoms with Gasteiger partial charge in [-0.3, -0.25) is 4.79 Å². The van der Waals surface area contributed by atoms with Crippen molar-refractivity contribution >= 4 is 5.91 Å². The van der Waals surface area contributed by atoms with Crippen molar-refractivity contribution in [2.24, 2.45) is 0 Å². The van der Waals surface area contributed by atoms with Crippen LogP contribution in [-0.4, -0.2) is 17.6 Å². The van der Waals surface area contributed by atoms with Gasteiger partial charge in [0.25, 0.3) is 0 Å². The molecule has 0 spiro atoms. The van der Waals surface area contributed by atoms with Gasteiger partial charge in [0.1, 0.15) is 6.61 Å². The SMILES string of the molecule is CC(NC(=O)CCCCCCCCC#CC#CCO)c1ccccc1. The molecule has 1 atom stereocenters. The van der Waals surface area contributed by atoms with Crippen molar-refractivity contribution in [1.82, 2.24) is 5.32 Å². The summed E-state index contributed by atoms with van der Waals surface area (Å²) in [6.45, 7) is 1.89. The van der Waals surface area contributed by atoms with Crippen LogP contribution in [0.5, 0.6) is 0 Å². The summed E-state index contributed by atoms with van der Waals surface area (Å²) in [6.07, 6.45) is 8.12.